The number of hydrazone groups is 2. The number of para-hydroxylation sites is 2. The fraction of sp³-hybridized carbons (Fsp3) is 0.200. The van der Waals surface area contributed by atoms with Crippen molar-refractivity contribution < 1.29 is 19.1 Å². The minimum Gasteiger partial charge on any atom is -0.489 e. The van der Waals surface area contributed by atoms with Gasteiger partial charge in [0.2, 0.25) is 11.8 Å². The first-order chi connectivity index (χ1) is 16.1. The van der Waals surface area contributed by atoms with Crippen molar-refractivity contribution in [3.05, 3.63) is 85.0 Å². The van der Waals surface area contributed by atoms with Crippen molar-refractivity contribution in [2.24, 2.45) is 10.2 Å². The highest BCUT2D eigenvalue weighted by Crippen LogP contribution is 2.16. The van der Waals surface area contributed by atoms with E-state index >= 15 is 0 Å². The van der Waals surface area contributed by atoms with Gasteiger partial charge in [-0.2, -0.15) is 10.2 Å². The van der Waals surface area contributed by atoms with Gasteiger partial charge in [0.1, 0.15) is 24.7 Å². The topological polar surface area (TPSA) is 101 Å². The van der Waals surface area contributed by atoms with E-state index in [1.807, 2.05) is 36.4 Å². The number of benzene rings is 2. The summed E-state index contributed by atoms with van der Waals surface area (Å²) in [5.41, 5.74) is 6.36. The second-order valence-electron chi connectivity index (χ2n) is 6.71. The molecule has 2 N–H and O–H groups in total. The molecule has 8 nitrogen and oxygen atoms in total. The number of carbonyl (C=O) groups is 2. The predicted molar refractivity (Wildman–Crippen MR) is 130 cm³/mol. The highest BCUT2D eigenvalue weighted by molar-refractivity contribution is 5.86. The molecule has 2 aromatic carbocycles. The lowest BCUT2D eigenvalue weighted by Gasteiger charge is -2.06. The van der Waals surface area contributed by atoms with E-state index in [-0.39, 0.29) is 24.7 Å². The minimum absolute atomic E-state index is 0.154. The van der Waals surface area contributed by atoms with Gasteiger partial charge in [0.05, 0.1) is 12.4 Å². The highest BCUT2D eigenvalue weighted by Gasteiger charge is 2.05. The Kier molecular flexibility index (Phi) is 11.2. The van der Waals surface area contributed by atoms with Crippen molar-refractivity contribution >= 4 is 24.2 Å². The summed E-state index contributed by atoms with van der Waals surface area (Å²) in [6.45, 7) is 7.98. The van der Waals surface area contributed by atoms with Gasteiger partial charge in [0.25, 0.3) is 0 Å². The van der Waals surface area contributed by atoms with Gasteiger partial charge in [-0.1, -0.05) is 49.6 Å². The molecule has 0 aliphatic rings. The van der Waals surface area contributed by atoms with Crippen LogP contribution < -0.4 is 20.3 Å². The van der Waals surface area contributed by atoms with Gasteiger partial charge in [-0.15, -0.1) is 0 Å². The molecule has 33 heavy (non-hydrogen) atoms. The fourth-order valence-corrected chi connectivity index (χ4v) is 2.60. The molecule has 0 fully saturated rings. The molecule has 0 aromatic heterocycles. The van der Waals surface area contributed by atoms with Crippen molar-refractivity contribution in [1.29, 1.82) is 0 Å². The van der Waals surface area contributed by atoms with Gasteiger partial charge in [0.15, 0.2) is 0 Å². The normalized spacial score (nSPS) is 10.7. The van der Waals surface area contributed by atoms with Crippen molar-refractivity contribution in [1.82, 2.24) is 10.9 Å². The SMILES string of the molecule is C=CCOc1ccccc1/C=N\NC(=O)CCCC(=O)N/N=C\c1ccccc1OCC=C. The molecule has 0 heterocycles. The number of ether oxygens (including phenoxy) is 2. The number of rotatable bonds is 14. The van der Waals surface area contributed by atoms with Gasteiger partial charge < -0.3 is 9.47 Å². The van der Waals surface area contributed by atoms with Gasteiger partial charge >= 0.3 is 0 Å². The summed E-state index contributed by atoms with van der Waals surface area (Å²) in [4.78, 5) is 23.9. The van der Waals surface area contributed by atoms with E-state index in [0.29, 0.717) is 31.1 Å². The summed E-state index contributed by atoms with van der Waals surface area (Å²) in [6.07, 6.45) is 6.98. The van der Waals surface area contributed by atoms with E-state index in [9.17, 15) is 9.59 Å². The Morgan fingerprint density at radius 1 is 0.758 bits per heavy atom. The van der Waals surface area contributed by atoms with Crippen LogP contribution in [0.15, 0.2) is 84.0 Å². The summed E-state index contributed by atoms with van der Waals surface area (Å²) >= 11 is 0. The van der Waals surface area contributed by atoms with Crippen LogP contribution in [0, 0.1) is 0 Å². The van der Waals surface area contributed by atoms with Gasteiger partial charge in [0, 0.05) is 24.0 Å². The zero-order valence-corrected chi connectivity index (χ0v) is 18.4. The quantitative estimate of drug-likeness (QED) is 0.262. The molecule has 8 heteroatoms. The summed E-state index contributed by atoms with van der Waals surface area (Å²) in [7, 11) is 0. The van der Waals surface area contributed by atoms with Crippen LogP contribution in [0.25, 0.3) is 0 Å². The Morgan fingerprint density at radius 3 is 1.61 bits per heavy atom. The third-order valence-electron chi connectivity index (χ3n) is 4.14. The summed E-state index contributed by atoms with van der Waals surface area (Å²) in [6, 6.07) is 14.6. The van der Waals surface area contributed by atoms with E-state index in [1.54, 1.807) is 24.3 Å². The lowest BCUT2D eigenvalue weighted by molar-refractivity contribution is -0.122. The van der Waals surface area contributed by atoms with E-state index in [2.05, 4.69) is 34.2 Å². The maximum atomic E-state index is 11.9. The molecule has 2 aromatic rings. The Hall–Kier alpha value is -4.20. The number of hydrogen-bond donors (Lipinski definition) is 2. The Morgan fingerprint density at radius 2 is 1.18 bits per heavy atom. The summed E-state index contributed by atoms with van der Waals surface area (Å²) < 4.78 is 11.1. The Bertz CT molecular complexity index is 922. The van der Waals surface area contributed by atoms with Crippen LogP contribution in [-0.4, -0.2) is 37.5 Å². The molecule has 2 amide bonds. The highest BCUT2D eigenvalue weighted by atomic mass is 16.5. The average Bonchev–Trinajstić information content (AvgIpc) is 2.83. The molecule has 0 radical (unpaired) electrons. The summed E-state index contributed by atoms with van der Waals surface area (Å²) in [5, 5.41) is 7.90. The van der Waals surface area contributed by atoms with Crippen molar-refractivity contribution in [3.63, 3.8) is 0 Å². The molecular formula is C25H28N4O4. The predicted octanol–water partition coefficient (Wildman–Crippen LogP) is 3.59. The maximum Gasteiger partial charge on any atom is 0.240 e. The van der Waals surface area contributed by atoms with E-state index < -0.39 is 0 Å². The molecule has 0 unspecified atom stereocenters. The summed E-state index contributed by atoms with van der Waals surface area (Å²) in [5.74, 6) is 0.700. The number of nitrogens with one attached hydrogen (secondary N) is 2. The van der Waals surface area contributed by atoms with Crippen LogP contribution in [0.1, 0.15) is 30.4 Å². The van der Waals surface area contributed by atoms with Gasteiger partial charge in [-0.25, -0.2) is 10.9 Å². The zero-order chi connectivity index (χ0) is 23.7. The molecule has 0 bridgehead atoms. The smallest absolute Gasteiger partial charge is 0.240 e. The Balaban J connectivity index is 1.71. The Labute approximate surface area is 193 Å². The van der Waals surface area contributed by atoms with Crippen LogP contribution in [0.3, 0.4) is 0 Å². The van der Waals surface area contributed by atoms with E-state index in [4.69, 9.17) is 9.47 Å². The van der Waals surface area contributed by atoms with Crippen LogP contribution in [0.2, 0.25) is 0 Å². The third kappa shape index (κ3) is 9.65. The molecule has 0 aliphatic heterocycles. The molecule has 172 valence electrons. The van der Waals surface area contributed by atoms with Crippen molar-refractivity contribution in [2.75, 3.05) is 13.2 Å². The second kappa shape index (κ2) is 14.7. The van der Waals surface area contributed by atoms with Crippen molar-refractivity contribution in [2.45, 2.75) is 19.3 Å². The minimum atomic E-state index is -0.291. The van der Waals surface area contributed by atoms with Crippen LogP contribution in [-0.2, 0) is 9.59 Å². The maximum absolute atomic E-state index is 11.9. The molecule has 0 atom stereocenters. The number of hydrogen-bond acceptors (Lipinski definition) is 6. The molecule has 0 spiro atoms. The number of nitrogens with zero attached hydrogens (tertiary/aromatic N) is 2. The second-order valence-corrected chi connectivity index (χ2v) is 6.71. The van der Waals surface area contributed by atoms with E-state index in [1.165, 1.54) is 12.4 Å². The first-order valence-corrected chi connectivity index (χ1v) is 10.4. The van der Waals surface area contributed by atoms with Crippen LogP contribution in [0.5, 0.6) is 11.5 Å². The fourth-order valence-electron chi connectivity index (χ4n) is 2.60. The van der Waals surface area contributed by atoms with Gasteiger partial charge in [-0.3, -0.25) is 9.59 Å². The van der Waals surface area contributed by atoms with Crippen LogP contribution in [0.4, 0.5) is 0 Å². The largest absolute Gasteiger partial charge is 0.489 e. The first-order valence-electron chi connectivity index (χ1n) is 10.4. The number of carbonyl (C=O) groups excluding carboxylic acids is 2. The molecule has 0 saturated heterocycles. The molecular weight excluding hydrogens is 420 g/mol. The van der Waals surface area contributed by atoms with Crippen LogP contribution >= 0.6 is 0 Å². The third-order valence-corrected chi connectivity index (χ3v) is 4.14. The first kappa shape index (κ1) is 25.1. The lowest BCUT2D eigenvalue weighted by atomic mass is 10.2. The average molecular weight is 449 g/mol. The van der Waals surface area contributed by atoms with E-state index in [0.717, 1.165) is 11.1 Å². The number of amides is 2. The standard InChI is InChI=1S/C25H28N4O4/c1-3-16-32-22-12-7-5-10-20(22)18-26-28-24(30)14-9-15-25(31)29-27-19-21-11-6-8-13-23(21)33-17-4-2/h3-8,10-13,18-19H,1-2,9,14-17H2,(H,28,30)(H,29,31)/b26-18-,27-19-. The molecule has 2 rings (SSSR count). The van der Waals surface area contributed by atoms with Gasteiger partial charge in [-0.05, 0) is 30.7 Å². The monoisotopic (exact) mass is 448 g/mol. The van der Waals surface area contributed by atoms with Crippen molar-refractivity contribution in [3.8, 4) is 11.5 Å². The zero-order valence-electron chi connectivity index (χ0n) is 18.4. The molecule has 0 saturated carbocycles. The molecule has 0 aliphatic carbocycles. The lowest BCUT2D eigenvalue weighted by Crippen LogP contribution is -2.20.